The SMILES string of the molecule is Cc1cc(C(=O)N2CCCN(Cc3ccsc3)CC2)oc1C. The van der Waals surface area contributed by atoms with Crippen LogP contribution in [0.15, 0.2) is 27.3 Å². The van der Waals surface area contributed by atoms with Crippen molar-refractivity contribution in [3.05, 3.63) is 45.5 Å². The second-order valence-corrected chi connectivity index (χ2v) is 6.68. The lowest BCUT2D eigenvalue weighted by Gasteiger charge is -2.21. The smallest absolute Gasteiger partial charge is 0.289 e. The lowest BCUT2D eigenvalue weighted by molar-refractivity contribution is 0.0728. The quantitative estimate of drug-likeness (QED) is 0.871. The van der Waals surface area contributed by atoms with Crippen LogP contribution in [0.4, 0.5) is 0 Å². The van der Waals surface area contributed by atoms with Crippen molar-refractivity contribution in [2.75, 3.05) is 26.2 Å². The molecule has 2 aromatic rings. The van der Waals surface area contributed by atoms with Gasteiger partial charge in [0.1, 0.15) is 5.76 Å². The average molecular weight is 318 g/mol. The van der Waals surface area contributed by atoms with Crippen LogP contribution in [0.2, 0.25) is 0 Å². The van der Waals surface area contributed by atoms with E-state index in [0.29, 0.717) is 5.76 Å². The fourth-order valence-electron chi connectivity index (χ4n) is 2.81. The van der Waals surface area contributed by atoms with Gasteiger partial charge in [0.15, 0.2) is 5.76 Å². The minimum atomic E-state index is 0.0218. The Bertz CT molecular complexity index is 614. The normalized spacial score (nSPS) is 16.7. The third-order valence-electron chi connectivity index (χ3n) is 4.24. The van der Waals surface area contributed by atoms with Crippen molar-refractivity contribution in [1.82, 2.24) is 9.80 Å². The summed E-state index contributed by atoms with van der Waals surface area (Å²) in [6.45, 7) is 8.37. The molecule has 0 saturated carbocycles. The molecule has 0 spiro atoms. The van der Waals surface area contributed by atoms with E-state index in [1.54, 1.807) is 11.3 Å². The number of thiophene rings is 1. The topological polar surface area (TPSA) is 36.7 Å². The van der Waals surface area contributed by atoms with E-state index < -0.39 is 0 Å². The first-order valence-corrected chi connectivity index (χ1v) is 8.67. The molecule has 0 N–H and O–H groups in total. The Morgan fingerprint density at radius 2 is 2.14 bits per heavy atom. The van der Waals surface area contributed by atoms with Gasteiger partial charge in [-0.25, -0.2) is 0 Å². The van der Waals surface area contributed by atoms with Gasteiger partial charge in [0.2, 0.25) is 0 Å². The van der Waals surface area contributed by atoms with E-state index in [-0.39, 0.29) is 5.91 Å². The van der Waals surface area contributed by atoms with Crippen molar-refractivity contribution in [2.24, 2.45) is 0 Å². The second kappa shape index (κ2) is 6.67. The Hall–Kier alpha value is -1.59. The maximum absolute atomic E-state index is 12.6. The third kappa shape index (κ3) is 3.42. The second-order valence-electron chi connectivity index (χ2n) is 5.90. The van der Waals surface area contributed by atoms with Crippen LogP contribution in [0.1, 0.15) is 33.9 Å². The predicted molar refractivity (Wildman–Crippen MR) is 88.3 cm³/mol. The molecule has 3 rings (SSSR count). The van der Waals surface area contributed by atoms with Gasteiger partial charge in [-0.2, -0.15) is 11.3 Å². The van der Waals surface area contributed by atoms with E-state index in [2.05, 4.69) is 21.7 Å². The highest BCUT2D eigenvalue weighted by Gasteiger charge is 2.23. The van der Waals surface area contributed by atoms with Crippen molar-refractivity contribution in [3.63, 3.8) is 0 Å². The number of hydrogen-bond acceptors (Lipinski definition) is 4. The Labute approximate surface area is 135 Å². The summed E-state index contributed by atoms with van der Waals surface area (Å²) in [6, 6.07) is 4.03. The minimum absolute atomic E-state index is 0.0218. The molecule has 3 heterocycles. The molecule has 0 bridgehead atoms. The Morgan fingerprint density at radius 1 is 1.27 bits per heavy atom. The molecule has 1 amide bonds. The summed E-state index contributed by atoms with van der Waals surface area (Å²) in [6.07, 6.45) is 1.01. The number of furan rings is 1. The summed E-state index contributed by atoms with van der Waals surface area (Å²) in [7, 11) is 0. The molecule has 1 saturated heterocycles. The van der Waals surface area contributed by atoms with Crippen molar-refractivity contribution in [3.8, 4) is 0 Å². The summed E-state index contributed by atoms with van der Waals surface area (Å²) in [5, 5.41) is 4.31. The Kier molecular flexibility index (Phi) is 4.64. The molecule has 0 unspecified atom stereocenters. The first-order valence-electron chi connectivity index (χ1n) is 7.73. The Balaban J connectivity index is 1.61. The van der Waals surface area contributed by atoms with Crippen molar-refractivity contribution >= 4 is 17.2 Å². The summed E-state index contributed by atoms with van der Waals surface area (Å²) in [5.41, 5.74) is 2.40. The van der Waals surface area contributed by atoms with Crippen LogP contribution in [0.25, 0.3) is 0 Å². The standard InChI is InChI=1S/C17H22N2O2S/c1-13-10-16(21-14(13)2)17(20)19-6-3-5-18(7-8-19)11-15-4-9-22-12-15/h4,9-10,12H,3,5-8,11H2,1-2H3. The fourth-order valence-corrected chi connectivity index (χ4v) is 3.47. The van der Waals surface area contributed by atoms with Gasteiger partial charge in [0.05, 0.1) is 0 Å². The van der Waals surface area contributed by atoms with E-state index in [9.17, 15) is 4.79 Å². The highest BCUT2D eigenvalue weighted by atomic mass is 32.1. The van der Waals surface area contributed by atoms with Crippen molar-refractivity contribution < 1.29 is 9.21 Å². The van der Waals surface area contributed by atoms with E-state index in [0.717, 1.165) is 50.5 Å². The molecule has 2 aromatic heterocycles. The number of hydrogen-bond donors (Lipinski definition) is 0. The average Bonchev–Trinajstić information content (AvgIpc) is 3.04. The van der Waals surface area contributed by atoms with E-state index in [1.165, 1.54) is 5.56 Å². The van der Waals surface area contributed by atoms with Gasteiger partial charge in [-0.05, 0) is 54.3 Å². The molecule has 0 aromatic carbocycles. The van der Waals surface area contributed by atoms with Gasteiger partial charge in [0.25, 0.3) is 5.91 Å². The van der Waals surface area contributed by atoms with Gasteiger partial charge >= 0.3 is 0 Å². The monoisotopic (exact) mass is 318 g/mol. The van der Waals surface area contributed by atoms with Gasteiger partial charge in [-0.1, -0.05) is 0 Å². The number of carbonyl (C=O) groups is 1. The van der Waals surface area contributed by atoms with Crippen LogP contribution in [-0.2, 0) is 6.54 Å². The predicted octanol–water partition coefficient (Wildman–Crippen LogP) is 3.31. The van der Waals surface area contributed by atoms with Crippen molar-refractivity contribution in [2.45, 2.75) is 26.8 Å². The number of nitrogens with zero attached hydrogens (tertiary/aromatic N) is 2. The molecular formula is C17H22N2O2S. The van der Waals surface area contributed by atoms with Crippen LogP contribution in [0.3, 0.4) is 0 Å². The fraction of sp³-hybridized carbons (Fsp3) is 0.471. The molecule has 5 heteroatoms. The maximum atomic E-state index is 12.6. The number of amides is 1. The molecule has 1 aliphatic rings. The highest BCUT2D eigenvalue weighted by Crippen LogP contribution is 2.17. The number of rotatable bonds is 3. The molecule has 0 atom stereocenters. The first-order chi connectivity index (χ1) is 10.6. The minimum Gasteiger partial charge on any atom is -0.456 e. The van der Waals surface area contributed by atoms with Gasteiger partial charge < -0.3 is 9.32 Å². The van der Waals surface area contributed by atoms with Gasteiger partial charge in [0, 0.05) is 32.7 Å². The molecule has 118 valence electrons. The zero-order valence-corrected chi connectivity index (χ0v) is 14.0. The summed E-state index contributed by atoms with van der Waals surface area (Å²) < 4.78 is 5.58. The zero-order valence-electron chi connectivity index (χ0n) is 13.2. The summed E-state index contributed by atoms with van der Waals surface area (Å²) in [4.78, 5) is 16.9. The third-order valence-corrected chi connectivity index (χ3v) is 4.97. The summed E-state index contributed by atoms with van der Waals surface area (Å²) >= 11 is 1.74. The largest absolute Gasteiger partial charge is 0.456 e. The van der Waals surface area contributed by atoms with E-state index >= 15 is 0 Å². The van der Waals surface area contributed by atoms with Crippen LogP contribution in [0.5, 0.6) is 0 Å². The van der Waals surface area contributed by atoms with Crippen LogP contribution in [0, 0.1) is 13.8 Å². The van der Waals surface area contributed by atoms with Gasteiger partial charge in [-0.3, -0.25) is 9.69 Å². The molecule has 0 aliphatic carbocycles. The number of carbonyl (C=O) groups excluding carboxylic acids is 1. The maximum Gasteiger partial charge on any atom is 0.289 e. The van der Waals surface area contributed by atoms with E-state index in [4.69, 9.17) is 4.42 Å². The molecule has 0 radical (unpaired) electrons. The van der Waals surface area contributed by atoms with Crippen molar-refractivity contribution in [1.29, 1.82) is 0 Å². The molecular weight excluding hydrogens is 296 g/mol. The number of aryl methyl sites for hydroxylation is 2. The molecule has 4 nitrogen and oxygen atoms in total. The molecule has 1 fully saturated rings. The van der Waals surface area contributed by atoms with Crippen LogP contribution >= 0.6 is 11.3 Å². The van der Waals surface area contributed by atoms with Crippen LogP contribution < -0.4 is 0 Å². The molecule has 1 aliphatic heterocycles. The van der Waals surface area contributed by atoms with Crippen LogP contribution in [-0.4, -0.2) is 41.9 Å². The van der Waals surface area contributed by atoms with E-state index in [1.807, 2.05) is 24.8 Å². The summed E-state index contributed by atoms with van der Waals surface area (Å²) in [5.74, 6) is 1.33. The lowest BCUT2D eigenvalue weighted by Crippen LogP contribution is -2.34. The molecule has 22 heavy (non-hydrogen) atoms. The first kappa shape index (κ1) is 15.3. The lowest BCUT2D eigenvalue weighted by atomic mass is 10.2. The Morgan fingerprint density at radius 3 is 2.82 bits per heavy atom. The highest BCUT2D eigenvalue weighted by molar-refractivity contribution is 7.07. The zero-order chi connectivity index (χ0) is 15.5. The van der Waals surface area contributed by atoms with Gasteiger partial charge in [-0.15, -0.1) is 0 Å².